The van der Waals surface area contributed by atoms with Crippen LogP contribution in [-0.4, -0.2) is 20.3 Å². The maximum atomic E-state index is 5.61. The number of hydrogen-bond donors (Lipinski definition) is 1. The van der Waals surface area contributed by atoms with Gasteiger partial charge in [0, 0.05) is 19.6 Å². The molecule has 0 heterocycles. The van der Waals surface area contributed by atoms with Crippen LogP contribution < -0.4 is 5.73 Å². The van der Waals surface area contributed by atoms with Gasteiger partial charge in [0.1, 0.15) is 0 Å². The molecule has 0 aliphatic heterocycles. The van der Waals surface area contributed by atoms with Crippen LogP contribution in [0.4, 0.5) is 0 Å². The smallest absolute Gasteiger partial charge is 0.0543 e. The van der Waals surface area contributed by atoms with Crippen molar-refractivity contribution in [2.24, 2.45) is 5.73 Å². The zero-order valence-electron chi connectivity index (χ0n) is 7.36. The first-order valence-corrected chi connectivity index (χ1v) is 4.12. The Morgan fingerprint density at radius 1 is 1.33 bits per heavy atom. The predicted molar refractivity (Wildman–Crippen MR) is 50.1 cm³/mol. The monoisotopic (exact) mass is 165 g/mol. The molecular weight excluding hydrogens is 150 g/mol. The molecule has 0 fully saturated rings. The van der Waals surface area contributed by atoms with E-state index in [1.54, 1.807) is 7.11 Å². The van der Waals surface area contributed by atoms with Gasteiger partial charge in [-0.1, -0.05) is 30.3 Å². The highest BCUT2D eigenvalue weighted by atomic mass is 16.5. The molecule has 0 spiro atoms. The molecule has 0 aliphatic rings. The average Bonchev–Trinajstić information content (AvgIpc) is 2.15. The highest BCUT2D eigenvalue weighted by molar-refractivity contribution is 5.19. The number of rotatable bonds is 4. The Balaban J connectivity index is 2.66. The molecule has 2 heteroatoms. The first-order valence-electron chi connectivity index (χ1n) is 4.12. The summed E-state index contributed by atoms with van der Waals surface area (Å²) in [5.41, 5.74) is 6.86. The minimum atomic E-state index is 0.330. The molecule has 0 saturated carbocycles. The Bertz CT molecular complexity index is 210. The minimum absolute atomic E-state index is 0.330. The fraction of sp³-hybridized carbons (Fsp3) is 0.400. The van der Waals surface area contributed by atoms with Crippen molar-refractivity contribution < 1.29 is 4.74 Å². The van der Waals surface area contributed by atoms with Crippen molar-refractivity contribution in [2.45, 2.75) is 5.92 Å². The summed E-state index contributed by atoms with van der Waals surface area (Å²) < 4.78 is 5.07. The largest absolute Gasteiger partial charge is 0.384 e. The first kappa shape index (κ1) is 9.23. The molecule has 0 aromatic heterocycles. The quantitative estimate of drug-likeness (QED) is 0.731. The molecule has 0 aliphatic carbocycles. The van der Waals surface area contributed by atoms with Crippen LogP contribution in [0.15, 0.2) is 30.3 Å². The molecule has 12 heavy (non-hydrogen) atoms. The van der Waals surface area contributed by atoms with E-state index in [1.807, 2.05) is 18.2 Å². The van der Waals surface area contributed by atoms with E-state index in [-0.39, 0.29) is 0 Å². The normalized spacial score (nSPS) is 12.8. The number of hydrogen-bond acceptors (Lipinski definition) is 2. The van der Waals surface area contributed by atoms with Gasteiger partial charge in [-0.15, -0.1) is 0 Å². The molecule has 0 saturated heterocycles. The van der Waals surface area contributed by atoms with Crippen LogP contribution in [0.1, 0.15) is 11.5 Å². The third kappa shape index (κ3) is 2.32. The highest BCUT2D eigenvalue weighted by Gasteiger charge is 2.07. The van der Waals surface area contributed by atoms with Crippen molar-refractivity contribution in [1.82, 2.24) is 0 Å². The summed E-state index contributed by atoms with van der Waals surface area (Å²) in [6.45, 7) is 1.33. The number of ether oxygens (including phenoxy) is 1. The van der Waals surface area contributed by atoms with Crippen LogP contribution in [-0.2, 0) is 4.74 Å². The van der Waals surface area contributed by atoms with Crippen molar-refractivity contribution in [3.63, 3.8) is 0 Å². The zero-order valence-corrected chi connectivity index (χ0v) is 7.36. The van der Waals surface area contributed by atoms with Crippen LogP contribution in [0.25, 0.3) is 0 Å². The topological polar surface area (TPSA) is 35.2 Å². The average molecular weight is 165 g/mol. The van der Waals surface area contributed by atoms with Crippen molar-refractivity contribution in [2.75, 3.05) is 20.3 Å². The van der Waals surface area contributed by atoms with Gasteiger partial charge in [-0.05, 0) is 5.56 Å². The summed E-state index contributed by atoms with van der Waals surface area (Å²) >= 11 is 0. The summed E-state index contributed by atoms with van der Waals surface area (Å²) in [5.74, 6) is 0.330. The lowest BCUT2D eigenvalue weighted by atomic mass is 10.0. The molecule has 0 radical (unpaired) electrons. The van der Waals surface area contributed by atoms with Crippen molar-refractivity contribution in [1.29, 1.82) is 0 Å². The molecular formula is C10H15NO. The number of benzene rings is 1. The fourth-order valence-corrected chi connectivity index (χ4v) is 1.23. The Morgan fingerprint density at radius 2 is 2.00 bits per heavy atom. The molecule has 1 aromatic carbocycles. The summed E-state index contributed by atoms with van der Waals surface area (Å²) in [6.07, 6.45) is 0. The molecule has 1 aromatic rings. The fourth-order valence-electron chi connectivity index (χ4n) is 1.23. The van der Waals surface area contributed by atoms with Crippen LogP contribution >= 0.6 is 0 Å². The second-order valence-electron chi connectivity index (χ2n) is 2.80. The van der Waals surface area contributed by atoms with E-state index < -0.39 is 0 Å². The Morgan fingerprint density at radius 3 is 2.50 bits per heavy atom. The van der Waals surface area contributed by atoms with E-state index in [0.717, 1.165) is 0 Å². The molecule has 2 N–H and O–H groups in total. The van der Waals surface area contributed by atoms with Crippen molar-refractivity contribution in [3.8, 4) is 0 Å². The third-order valence-electron chi connectivity index (χ3n) is 1.92. The molecule has 0 amide bonds. The van der Waals surface area contributed by atoms with Gasteiger partial charge in [0.2, 0.25) is 0 Å². The molecule has 1 atom stereocenters. The van der Waals surface area contributed by atoms with E-state index in [1.165, 1.54) is 5.56 Å². The maximum Gasteiger partial charge on any atom is 0.0543 e. The first-order chi connectivity index (χ1) is 5.88. The van der Waals surface area contributed by atoms with Gasteiger partial charge in [0.05, 0.1) is 6.61 Å². The van der Waals surface area contributed by atoms with Gasteiger partial charge >= 0.3 is 0 Å². The molecule has 1 unspecified atom stereocenters. The van der Waals surface area contributed by atoms with Crippen molar-refractivity contribution in [3.05, 3.63) is 35.9 Å². The van der Waals surface area contributed by atoms with Gasteiger partial charge in [-0.2, -0.15) is 0 Å². The van der Waals surface area contributed by atoms with E-state index in [2.05, 4.69) is 12.1 Å². The highest BCUT2D eigenvalue weighted by Crippen LogP contribution is 2.13. The summed E-state index contributed by atoms with van der Waals surface area (Å²) in [4.78, 5) is 0. The van der Waals surface area contributed by atoms with Crippen LogP contribution in [0.5, 0.6) is 0 Å². The van der Waals surface area contributed by atoms with Crippen LogP contribution in [0.2, 0.25) is 0 Å². The SMILES string of the molecule is COCC(CN)c1ccccc1. The predicted octanol–water partition coefficient (Wildman–Crippen LogP) is 1.38. The Labute approximate surface area is 73.3 Å². The molecule has 2 nitrogen and oxygen atoms in total. The Kier molecular flexibility index (Phi) is 3.77. The minimum Gasteiger partial charge on any atom is -0.384 e. The van der Waals surface area contributed by atoms with Crippen LogP contribution in [0.3, 0.4) is 0 Å². The van der Waals surface area contributed by atoms with Gasteiger partial charge in [0.15, 0.2) is 0 Å². The van der Waals surface area contributed by atoms with Gasteiger partial charge in [-0.25, -0.2) is 0 Å². The van der Waals surface area contributed by atoms with Crippen LogP contribution in [0, 0.1) is 0 Å². The summed E-state index contributed by atoms with van der Waals surface area (Å²) in [5, 5.41) is 0. The summed E-state index contributed by atoms with van der Waals surface area (Å²) in [6, 6.07) is 10.2. The summed E-state index contributed by atoms with van der Waals surface area (Å²) in [7, 11) is 1.70. The molecule has 1 rings (SSSR count). The van der Waals surface area contributed by atoms with E-state index in [4.69, 9.17) is 10.5 Å². The van der Waals surface area contributed by atoms with Crippen molar-refractivity contribution >= 4 is 0 Å². The molecule has 0 bridgehead atoms. The van der Waals surface area contributed by atoms with E-state index in [0.29, 0.717) is 19.1 Å². The second kappa shape index (κ2) is 4.91. The molecule has 66 valence electrons. The lowest BCUT2D eigenvalue weighted by molar-refractivity contribution is 0.181. The lowest BCUT2D eigenvalue weighted by Gasteiger charge is -2.13. The van der Waals surface area contributed by atoms with E-state index >= 15 is 0 Å². The van der Waals surface area contributed by atoms with Gasteiger partial charge in [-0.3, -0.25) is 0 Å². The maximum absolute atomic E-state index is 5.61. The number of nitrogens with two attached hydrogens (primary N) is 1. The number of methoxy groups -OCH3 is 1. The second-order valence-corrected chi connectivity index (χ2v) is 2.80. The van der Waals surface area contributed by atoms with Gasteiger partial charge in [0.25, 0.3) is 0 Å². The van der Waals surface area contributed by atoms with Gasteiger partial charge < -0.3 is 10.5 Å². The standard InChI is InChI=1S/C10H15NO/c1-12-8-10(7-11)9-5-3-2-4-6-9/h2-6,10H,7-8,11H2,1H3. The van der Waals surface area contributed by atoms with E-state index in [9.17, 15) is 0 Å². The zero-order chi connectivity index (χ0) is 8.81. The Hall–Kier alpha value is -0.860. The third-order valence-corrected chi connectivity index (χ3v) is 1.92. The lowest BCUT2D eigenvalue weighted by Crippen LogP contribution is -2.17.